The first-order valence-electron chi connectivity index (χ1n) is 7.10. The molecule has 3 rings (SSSR count). The lowest BCUT2D eigenvalue weighted by Crippen LogP contribution is -2.59. The molecule has 5 heteroatoms. The van der Waals surface area contributed by atoms with Gasteiger partial charge < -0.3 is 14.6 Å². The van der Waals surface area contributed by atoms with Crippen LogP contribution in [0.1, 0.15) is 20.3 Å². The van der Waals surface area contributed by atoms with Crippen LogP contribution >= 0.6 is 0 Å². The summed E-state index contributed by atoms with van der Waals surface area (Å²) in [6, 6.07) is 0. The molecule has 110 valence electrons. The maximum atomic E-state index is 11.9. The van der Waals surface area contributed by atoms with Gasteiger partial charge in [-0.25, -0.2) is 0 Å². The number of hydrogen-bond donors (Lipinski definition) is 1. The van der Waals surface area contributed by atoms with Crippen molar-refractivity contribution in [3.63, 3.8) is 0 Å². The maximum absolute atomic E-state index is 11.9. The summed E-state index contributed by atoms with van der Waals surface area (Å²) in [4.78, 5) is 23.7. The summed E-state index contributed by atoms with van der Waals surface area (Å²) in [5.74, 6) is -1.65. The van der Waals surface area contributed by atoms with E-state index in [-0.39, 0.29) is 42.2 Å². The lowest BCUT2D eigenvalue weighted by Gasteiger charge is -2.52. The minimum atomic E-state index is -0.639. The van der Waals surface area contributed by atoms with Crippen LogP contribution in [-0.4, -0.2) is 35.9 Å². The van der Waals surface area contributed by atoms with Crippen LogP contribution in [0.5, 0.6) is 0 Å². The zero-order valence-corrected chi connectivity index (χ0v) is 11.7. The summed E-state index contributed by atoms with van der Waals surface area (Å²) in [5, 5.41) is 10.4. The summed E-state index contributed by atoms with van der Waals surface area (Å²) in [7, 11) is 0. The van der Waals surface area contributed by atoms with Crippen molar-refractivity contribution in [3.8, 4) is 0 Å². The Morgan fingerprint density at radius 2 is 2.00 bits per heavy atom. The number of esters is 2. The lowest BCUT2D eigenvalue weighted by molar-refractivity contribution is -0.192. The van der Waals surface area contributed by atoms with Crippen LogP contribution in [-0.2, 0) is 19.1 Å². The van der Waals surface area contributed by atoms with Gasteiger partial charge in [-0.05, 0) is 6.42 Å². The highest BCUT2D eigenvalue weighted by atomic mass is 16.6. The van der Waals surface area contributed by atoms with E-state index < -0.39 is 17.6 Å². The van der Waals surface area contributed by atoms with E-state index in [4.69, 9.17) is 9.47 Å². The molecule has 3 aliphatic rings. The molecule has 0 radical (unpaired) electrons. The molecule has 1 aliphatic carbocycles. The Morgan fingerprint density at radius 1 is 1.30 bits per heavy atom. The topological polar surface area (TPSA) is 72.8 Å². The summed E-state index contributed by atoms with van der Waals surface area (Å²) >= 11 is 0. The molecule has 3 fully saturated rings. The zero-order chi connectivity index (χ0) is 14.7. The average molecular weight is 280 g/mol. The fourth-order valence-corrected chi connectivity index (χ4v) is 4.31. The number of aliphatic hydroxyl groups is 1. The van der Waals surface area contributed by atoms with Crippen molar-refractivity contribution in [1.29, 1.82) is 0 Å². The highest BCUT2D eigenvalue weighted by Crippen LogP contribution is 2.55. The molecule has 2 saturated heterocycles. The molecule has 7 unspecified atom stereocenters. The van der Waals surface area contributed by atoms with Gasteiger partial charge in [-0.2, -0.15) is 0 Å². The quantitative estimate of drug-likeness (QED) is 0.571. The summed E-state index contributed by atoms with van der Waals surface area (Å²) < 4.78 is 10.8. The van der Waals surface area contributed by atoms with Gasteiger partial charge in [-0.15, -0.1) is 6.58 Å². The van der Waals surface area contributed by atoms with Crippen LogP contribution in [0.3, 0.4) is 0 Å². The standard InChI is InChI=1S/C15H20O5/c1-4-15-5-9(16)10-7(2)14(18)20-12(10)11(15)8(3)13(17)19-6-15/h4,7-12,16H,1,5-6H2,2-3H3. The highest BCUT2D eigenvalue weighted by Gasteiger charge is 2.63. The molecule has 2 aliphatic heterocycles. The Bertz CT molecular complexity index is 473. The van der Waals surface area contributed by atoms with Crippen molar-refractivity contribution in [2.75, 3.05) is 6.61 Å². The molecule has 0 aromatic heterocycles. The van der Waals surface area contributed by atoms with E-state index in [1.807, 2.05) is 0 Å². The van der Waals surface area contributed by atoms with Crippen LogP contribution in [0.4, 0.5) is 0 Å². The van der Waals surface area contributed by atoms with E-state index in [1.54, 1.807) is 19.9 Å². The van der Waals surface area contributed by atoms with E-state index in [1.165, 1.54) is 0 Å². The first-order chi connectivity index (χ1) is 9.41. The van der Waals surface area contributed by atoms with E-state index in [0.29, 0.717) is 6.42 Å². The zero-order valence-electron chi connectivity index (χ0n) is 11.7. The van der Waals surface area contributed by atoms with Crippen LogP contribution in [0.2, 0.25) is 0 Å². The van der Waals surface area contributed by atoms with Crippen LogP contribution in [0.15, 0.2) is 12.7 Å². The predicted octanol–water partition coefficient (Wildman–Crippen LogP) is 0.910. The Labute approximate surface area is 117 Å². The van der Waals surface area contributed by atoms with Crippen molar-refractivity contribution >= 4 is 11.9 Å². The largest absolute Gasteiger partial charge is 0.465 e. The van der Waals surface area contributed by atoms with Gasteiger partial charge in [0.05, 0.1) is 17.9 Å². The number of rotatable bonds is 1. The molecule has 20 heavy (non-hydrogen) atoms. The van der Waals surface area contributed by atoms with Crippen molar-refractivity contribution in [3.05, 3.63) is 12.7 Å². The molecule has 0 aromatic carbocycles. The first-order valence-corrected chi connectivity index (χ1v) is 7.10. The predicted molar refractivity (Wildman–Crippen MR) is 69.4 cm³/mol. The first kappa shape index (κ1) is 13.6. The SMILES string of the molecule is C=CC12COC(=O)C(C)C1C1OC(=O)C(C)C1C(O)C2. The van der Waals surface area contributed by atoms with Crippen molar-refractivity contribution < 1.29 is 24.2 Å². The van der Waals surface area contributed by atoms with Crippen LogP contribution in [0.25, 0.3) is 0 Å². The van der Waals surface area contributed by atoms with E-state index >= 15 is 0 Å². The Morgan fingerprint density at radius 3 is 2.65 bits per heavy atom. The van der Waals surface area contributed by atoms with Gasteiger partial charge >= 0.3 is 11.9 Å². The van der Waals surface area contributed by atoms with E-state index in [9.17, 15) is 14.7 Å². The number of hydrogen-bond acceptors (Lipinski definition) is 5. The third kappa shape index (κ3) is 1.59. The molecule has 0 bridgehead atoms. The third-order valence-corrected chi connectivity index (χ3v) is 5.43. The Balaban J connectivity index is 2.05. The second-order valence-electron chi connectivity index (χ2n) is 6.40. The van der Waals surface area contributed by atoms with Crippen molar-refractivity contribution in [1.82, 2.24) is 0 Å². The minimum absolute atomic E-state index is 0.163. The minimum Gasteiger partial charge on any atom is -0.465 e. The smallest absolute Gasteiger partial charge is 0.309 e. The number of cyclic esters (lactones) is 1. The number of aliphatic hydroxyl groups excluding tert-OH is 1. The molecule has 0 aromatic rings. The highest BCUT2D eigenvalue weighted by molar-refractivity contribution is 5.77. The normalized spacial score (nSPS) is 50.8. The summed E-state index contributed by atoms with van der Waals surface area (Å²) in [6.45, 7) is 7.65. The molecular formula is C15H20O5. The Hall–Kier alpha value is -1.36. The van der Waals surface area contributed by atoms with Gasteiger partial charge in [0, 0.05) is 17.3 Å². The van der Waals surface area contributed by atoms with Crippen LogP contribution < -0.4 is 0 Å². The number of fused-ring (bicyclic) bond motifs is 3. The second-order valence-corrected chi connectivity index (χ2v) is 6.40. The van der Waals surface area contributed by atoms with Crippen molar-refractivity contribution in [2.45, 2.75) is 32.5 Å². The number of carbonyl (C=O) groups excluding carboxylic acids is 2. The Kier molecular flexibility index (Phi) is 2.94. The van der Waals surface area contributed by atoms with Gasteiger partial charge in [0.15, 0.2) is 0 Å². The molecule has 7 atom stereocenters. The number of ether oxygens (including phenoxy) is 2. The molecule has 1 N–H and O–H groups in total. The fourth-order valence-electron chi connectivity index (χ4n) is 4.31. The second kappa shape index (κ2) is 4.32. The van der Waals surface area contributed by atoms with Gasteiger partial charge in [0.2, 0.25) is 0 Å². The molecular weight excluding hydrogens is 260 g/mol. The van der Waals surface area contributed by atoms with E-state index in [0.717, 1.165) is 0 Å². The summed E-state index contributed by atoms with van der Waals surface area (Å²) in [5.41, 5.74) is -0.502. The molecule has 0 amide bonds. The van der Waals surface area contributed by atoms with E-state index in [2.05, 4.69) is 6.58 Å². The van der Waals surface area contributed by atoms with Crippen LogP contribution in [0, 0.1) is 29.1 Å². The van der Waals surface area contributed by atoms with Gasteiger partial charge in [0.1, 0.15) is 12.7 Å². The molecule has 0 spiro atoms. The molecule has 1 saturated carbocycles. The summed E-state index contributed by atoms with van der Waals surface area (Å²) in [6.07, 6.45) is 1.15. The lowest BCUT2D eigenvalue weighted by atomic mass is 9.55. The van der Waals surface area contributed by atoms with Gasteiger partial charge in [-0.1, -0.05) is 19.9 Å². The molecule has 5 nitrogen and oxygen atoms in total. The molecule has 2 heterocycles. The monoisotopic (exact) mass is 280 g/mol. The van der Waals surface area contributed by atoms with Gasteiger partial charge in [0.25, 0.3) is 0 Å². The fraction of sp³-hybridized carbons (Fsp3) is 0.733. The van der Waals surface area contributed by atoms with Gasteiger partial charge in [-0.3, -0.25) is 9.59 Å². The van der Waals surface area contributed by atoms with Crippen molar-refractivity contribution in [2.24, 2.45) is 29.1 Å². The average Bonchev–Trinajstić information content (AvgIpc) is 2.70. The third-order valence-electron chi connectivity index (χ3n) is 5.43. The number of carbonyl (C=O) groups is 2. The maximum Gasteiger partial charge on any atom is 0.309 e.